The first-order valence-electron chi connectivity index (χ1n) is 6.01. The standard InChI is InChI=1S/C14H19N3O/c1-9(2)12-13(16-17(3)14(12)15)10-6-5-7-11(8-10)18-4/h5-9H,15H2,1-4H3. The highest BCUT2D eigenvalue weighted by Crippen LogP contribution is 2.33. The van der Waals surface area contributed by atoms with Gasteiger partial charge in [-0.3, -0.25) is 4.68 Å². The molecule has 2 N–H and O–H groups in total. The molecule has 4 heteroatoms. The van der Waals surface area contributed by atoms with Gasteiger partial charge in [0.05, 0.1) is 12.8 Å². The van der Waals surface area contributed by atoms with E-state index in [0.717, 1.165) is 28.4 Å². The second kappa shape index (κ2) is 4.72. The number of benzene rings is 1. The normalized spacial score (nSPS) is 10.9. The van der Waals surface area contributed by atoms with Gasteiger partial charge in [0.1, 0.15) is 11.6 Å². The van der Waals surface area contributed by atoms with Crippen LogP contribution < -0.4 is 10.5 Å². The van der Waals surface area contributed by atoms with Gasteiger partial charge >= 0.3 is 0 Å². The van der Waals surface area contributed by atoms with Crippen molar-refractivity contribution in [3.05, 3.63) is 29.8 Å². The number of hydrogen-bond acceptors (Lipinski definition) is 3. The highest BCUT2D eigenvalue weighted by atomic mass is 16.5. The fourth-order valence-corrected chi connectivity index (χ4v) is 2.11. The van der Waals surface area contributed by atoms with Crippen molar-refractivity contribution in [1.82, 2.24) is 9.78 Å². The molecule has 0 saturated carbocycles. The average molecular weight is 245 g/mol. The van der Waals surface area contributed by atoms with E-state index < -0.39 is 0 Å². The zero-order valence-corrected chi connectivity index (χ0v) is 11.3. The number of aryl methyl sites for hydroxylation is 1. The van der Waals surface area contributed by atoms with E-state index in [9.17, 15) is 0 Å². The van der Waals surface area contributed by atoms with Crippen LogP contribution in [-0.4, -0.2) is 16.9 Å². The van der Waals surface area contributed by atoms with Crippen molar-refractivity contribution in [2.75, 3.05) is 12.8 Å². The van der Waals surface area contributed by atoms with E-state index in [1.54, 1.807) is 11.8 Å². The molecule has 1 aromatic heterocycles. The summed E-state index contributed by atoms with van der Waals surface area (Å²) in [5.74, 6) is 1.88. The van der Waals surface area contributed by atoms with E-state index in [0.29, 0.717) is 5.92 Å². The van der Waals surface area contributed by atoms with Crippen LogP contribution in [0.4, 0.5) is 5.82 Å². The van der Waals surface area contributed by atoms with Gasteiger partial charge in [0.25, 0.3) is 0 Å². The van der Waals surface area contributed by atoms with Crippen LogP contribution in [0.2, 0.25) is 0 Å². The third-order valence-electron chi connectivity index (χ3n) is 3.05. The summed E-state index contributed by atoms with van der Waals surface area (Å²) in [6.45, 7) is 4.24. The largest absolute Gasteiger partial charge is 0.497 e. The van der Waals surface area contributed by atoms with E-state index in [1.165, 1.54) is 0 Å². The van der Waals surface area contributed by atoms with Crippen molar-refractivity contribution in [3.8, 4) is 17.0 Å². The Hall–Kier alpha value is -1.97. The summed E-state index contributed by atoms with van der Waals surface area (Å²) in [4.78, 5) is 0. The van der Waals surface area contributed by atoms with Crippen LogP contribution in [0.1, 0.15) is 25.3 Å². The summed E-state index contributed by atoms with van der Waals surface area (Å²) >= 11 is 0. The molecule has 0 amide bonds. The molecular formula is C14H19N3O. The van der Waals surface area contributed by atoms with Gasteiger partial charge in [-0.15, -0.1) is 0 Å². The molecule has 1 aromatic carbocycles. The molecule has 2 aromatic rings. The Morgan fingerprint density at radius 3 is 2.67 bits per heavy atom. The molecule has 0 bridgehead atoms. The number of methoxy groups -OCH3 is 1. The molecule has 0 spiro atoms. The molecule has 2 rings (SSSR count). The van der Waals surface area contributed by atoms with Crippen LogP contribution in [0.5, 0.6) is 5.75 Å². The minimum absolute atomic E-state index is 0.333. The molecule has 0 fully saturated rings. The van der Waals surface area contributed by atoms with Crippen molar-refractivity contribution >= 4 is 5.82 Å². The number of anilines is 1. The second-order valence-electron chi connectivity index (χ2n) is 4.66. The lowest BCUT2D eigenvalue weighted by atomic mass is 9.98. The van der Waals surface area contributed by atoms with Crippen molar-refractivity contribution in [3.63, 3.8) is 0 Å². The van der Waals surface area contributed by atoms with Crippen molar-refractivity contribution < 1.29 is 4.74 Å². The van der Waals surface area contributed by atoms with Crippen LogP contribution >= 0.6 is 0 Å². The first-order valence-corrected chi connectivity index (χ1v) is 6.01. The van der Waals surface area contributed by atoms with Crippen molar-refractivity contribution in [1.29, 1.82) is 0 Å². The van der Waals surface area contributed by atoms with Gasteiger partial charge in [-0.1, -0.05) is 26.0 Å². The molecule has 0 radical (unpaired) electrons. The van der Waals surface area contributed by atoms with Crippen LogP contribution in [0.3, 0.4) is 0 Å². The predicted molar refractivity (Wildman–Crippen MR) is 73.7 cm³/mol. The fourth-order valence-electron chi connectivity index (χ4n) is 2.11. The molecule has 0 unspecified atom stereocenters. The van der Waals surface area contributed by atoms with Crippen LogP contribution in [0.25, 0.3) is 11.3 Å². The number of nitrogens with two attached hydrogens (primary N) is 1. The minimum Gasteiger partial charge on any atom is -0.497 e. The second-order valence-corrected chi connectivity index (χ2v) is 4.66. The molecular weight excluding hydrogens is 226 g/mol. The van der Waals surface area contributed by atoms with Gasteiger partial charge in [-0.2, -0.15) is 5.10 Å². The van der Waals surface area contributed by atoms with Gasteiger partial charge < -0.3 is 10.5 Å². The van der Waals surface area contributed by atoms with Crippen molar-refractivity contribution in [2.24, 2.45) is 7.05 Å². The number of aromatic nitrogens is 2. The molecule has 0 saturated heterocycles. The van der Waals surface area contributed by atoms with Gasteiger partial charge in [0, 0.05) is 18.2 Å². The van der Waals surface area contributed by atoms with Crippen LogP contribution in [0, 0.1) is 0 Å². The topological polar surface area (TPSA) is 53.1 Å². The summed E-state index contributed by atoms with van der Waals surface area (Å²) in [6.07, 6.45) is 0. The van der Waals surface area contributed by atoms with E-state index in [-0.39, 0.29) is 0 Å². The lowest BCUT2D eigenvalue weighted by Crippen LogP contribution is -2.00. The van der Waals surface area contributed by atoms with Crippen LogP contribution in [-0.2, 0) is 7.05 Å². The third kappa shape index (κ3) is 2.06. The molecule has 0 aliphatic heterocycles. The number of nitrogen functional groups attached to an aromatic ring is 1. The van der Waals surface area contributed by atoms with Gasteiger partial charge in [0.15, 0.2) is 0 Å². The summed E-state index contributed by atoms with van der Waals surface area (Å²) in [6, 6.07) is 7.89. The smallest absolute Gasteiger partial charge is 0.125 e. The summed E-state index contributed by atoms with van der Waals surface area (Å²) in [5, 5.41) is 4.51. The molecule has 96 valence electrons. The zero-order valence-electron chi connectivity index (χ0n) is 11.3. The maximum atomic E-state index is 6.08. The van der Waals surface area contributed by atoms with E-state index in [4.69, 9.17) is 10.5 Å². The average Bonchev–Trinajstić information content (AvgIpc) is 2.66. The molecule has 0 aliphatic carbocycles. The molecule has 0 aliphatic rings. The highest BCUT2D eigenvalue weighted by molar-refractivity contribution is 5.70. The van der Waals surface area contributed by atoms with E-state index in [2.05, 4.69) is 18.9 Å². The molecule has 18 heavy (non-hydrogen) atoms. The summed E-state index contributed by atoms with van der Waals surface area (Å²) < 4.78 is 6.97. The molecule has 1 heterocycles. The highest BCUT2D eigenvalue weighted by Gasteiger charge is 2.18. The Bertz CT molecular complexity index is 558. The predicted octanol–water partition coefficient (Wildman–Crippen LogP) is 2.80. The van der Waals surface area contributed by atoms with Gasteiger partial charge in [-0.05, 0) is 18.1 Å². The third-order valence-corrected chi connectivity index (χ3v) is 3.05. The van der Waals surface area contributed by atoms with Crippen LogP contribution in [0.15, 0.2) is 24.3 Å². The first-order chi connectivity index (χ1) is 8.54. The lowest BCUT2D eigenvalue weighted by Gasteiger charge is -2.08. The van der Waals surface area contributed by atoms with Gasteiger partial charge in [-0.25, -0.2) is 0 Å². The zero-order chi connectivity index (χ0) is 13.3. The Balaban J connectivity index is 2.59. The quantitative estimate of drug-likeness (QED) is 0.904. The lowest BCUT2D eigenvalue weighted by molar-refractivity contribution is 0.415. The van der Waals surface area contributed by atoms with Gasteiger partial charge in [0.2, 0.25) is 0 Å². The maximum absolute atomic E-state index is 6.08. The summed E-state index contributed by atoms with van der Waals surface area (Å²) in [5.41, 5.74) is 9.14. The Kier molecular flexibility index (Phi) is 3.28. The van der Waals surface area contributed by atoms with Crippen molar-refractivity contribution in [2.45, 2.75) is 19.8 Å². The van der Waals surface area contributed by atoms with E-state index >= 15 is 0 Å². The maximum Gasteiger partial charge on any atom is 0.125 e. The molecule has 0 atom stereocenters. The minimum atomic E-state index is 0.333. The first kappa shape index (κ1) is 12.5. The Morgan fingerprint density at radius 1 is 1.33 bits per heavy atom. The molecule has 4 nitrogen and oxygen atoms in total. The number of nitrogens with zero attached hydrogens (tertiary/aromatic N) is 2. The number of hydrogen-bond donors (Lipinski definition) is 1. The number of rotatable bonds is 3. The SMILES string of the molecule is COc1cccc(-c2nn(C)c(N)c2C(C)C)c1. The fraction of sp³-hybridized carbons (Fsp3) is 0.357. The van der Waals surface area contributed by atoms with E-state index in [1.807, 2.05) is 31.3 Å². The Labute approximate surface area is 107 Å². The Morgan fingerprint density at radius 2 is 2.06 bits per heavy atom. The monoisotopic (exact) mass is 245 g/mol. The number of ether oxygens (including phenoxy) is 1. The summed E-state index contributed by atoms with van der Waals surface area (Å²) in [7, 11) is 3.53.